The molecule has 0 bridgehead atoms. The van der Waals surface area contributed by atoms with E-state index in [-0.39, 0.29) is 24.2 Å². The van der Waals surface area contributed by atoms with Gasteiger partial charge >= 0.3 is 5.69 Å². The molecule has 3 aromatic carbocycles. The van der Waals surface area contributed by atoms with E-state index in [0.29, 0.717) is 31.6 Å². The zero-order valence-electron chi connectivity index (χ0n) is 28.7. The third kappa shape index (κ3) is 7.24. The maximum absolute atomic E-state index is 15.0. The second-order valence-corrected chi connectivity index (χ2v) is 13.3. The summed E-state index contributed by atoms with van der Waals surface area (Å²) in [6.07, 6.45) is 4.88. The first-order chi connectivity index (χ1) is 24.7. The number of rotatable bonds is 12. The SMILES string of the molecule is CC[C@@H]([C@@H](C)O)n1ncn(-c2ccc(N3CCN(c4ccc(OC[C@@H]5CO[C@@](Cn6cncn6)(c6ccc(F)cc6F)C5)cc4)CC3)cc2)c1=O. The monoisotopic (exact) mass is 700 g/mol. The molecule has 0 unspecified atom stereocenters. The number of benzene rings is 3. The third-order valence-corrected chi connectivity index (χ3v) is 9.96. The highest BCUT2D eigenvalue weighted by Crippen LogP contribution is 2.42. The van der Waals surface area contributed by atoms with Crippen molar-refractivity contribution in [2.75, 3.05) is 49.2 Å². The number of hydrogen-bond acceptors (Lipinski definition) is 9. The van der Waals surface area contributed by atoms with Crippen LogP contribution in [-0.4, -0.2) is 79.7 Å². The predicted molar refractivity (Wildman–Crippen MR) is 187 cm³/mol. The maximum Gasteiger partial charge on any atom is 0.350 e. The van der Waals surface area contributed by atoms with Crippen molar-refractivity contribution in [2.24, 2.45) is 5.92 Å². The van der Waals surface area contributed by atoms with Gasteiger partial charge in [0.2, 0.25) is 0 Å². The lowest BCUT2D eigenvalue weighted by atomic mass is 9.87. The van der Waals surface area contributed by atoms with Gasteiger partial charge in [-0.3, -0.25) is 0 Å². The number of aromatic nitrogens is 6. The van der Waals surface area contributed by atoms with Gasteiger partial charge in [-0.05, 0) is 74.4 Å². The highest BCUT2D eigenvalue weighted by atomic mass is 19.1. The molecule has 0 spiro atoms. The molecule has 5 aromatic rings. The van der Waals surface area contributed by atoms with Crippen LogP contribution in [0.15, 0.2) is 90.5 Å². The van der Waals surface area contributed by atoms with Crippen molar-refractivity contribution < 1.29 is 23.4 Å². The number of aliphatic hydroxyl groups is 1. The van der Waals surface area contributed by atoms with E-state index in [1.54, 1.807) is 17.9 Å². The zero-order valence-corrected chi connectivity index (χ0v) is 28.7. The summed E-state index contributed by atoms with van der Waals surface area (Å²) in [5.74, 6) is -0.563. The molecule has 268 valence electrons. The Hall–Kier alpha value is -5.08. The van der Waals surface area contributed by atoms with E-state index in [0.717, 1.165) is 55.1 Å². The zero-order chi connectivity index (χ0) is 35.5. The Morgan fingerprint density at radius 3 is 2.22 bits per heavy atom. The molecule has 4 atom stereocenters. The number of anilines is 2. The molecule has 2 aromatic heterocycles. The van der Waals surface area contributed by atoms with E-state index in [1.165, 1.54) is 34.0 Å². The number of halogens is 2. The van der Waals surface area contributed by atoms with E-state index in [2.05, 4.69) is 37.1 Å². The Labute approximate surface area is 294 Å². The summed E-state index contributed by atoms with van der Waals surface area (Å²) in [6.45, 7) is 7.97. The first-order valence-corrected chi connectivity index (χ1v) is 17.3. The van der Waals surface area contributed by atoms with Crippen LogP contribution < -0.4 is 20.2 Å². The molecule has 2 aliphatic rings. The van der Waals surface area contributed by atoms with Gasteiger partial charge in [-0.15, -0.1) is 0 Å². The summed E-state index contributed by atoms with van der Waals surface area (Å²) in [7, 11) is 0. The molecule has 0 saturated carbocycles. The average Bonchev–Trinajstić information content (AvgIpc) is 3.90. The molecule has 0 radical (unpaired) electrons. The van der Waals surface area contributed by atoms with Crippen LogP contribution in [0.4, 0.5) is 20.2 Å². The topological polar surface area (TPSA) is 116 Å². The van der Waals surface area contributed by atoms with E-state index >= 15 is 0 Å². The lowest BCUT2D eigenvalue weighted by Gasteiger charge is -2.37. The van der Waals surface area contributed by atoms with Gasteiger partial charge in [0.25, 0.3) is 0 Å². The van der Waals surface area contributed by atoms with Crippen molar-refractivity contribution in [2.45, 2.75) is 51.0 Å². The largest absolute Gasteiger partial charge is 0.493 e. The summed E-state index contributed by atoms with van der Waals surface area (Å²) in [5.41, 5.74) is 1.93. The second-order valence-electron chi connectivity index (χ2n) is 13.3. The van der Waals surface area contributed by atoms with Crippen LogP contribution in [0.2, 0.25) is 0 Å². The molecule has 14 heteroatoms. The lowest BCUT2D eigenvalue weighted by Crippen LogP contribution is -2.46. The van der Waals surface area contributed by atoms with Gasteiger partial charge in [-0.25, -0.2) is 32.5 Å². The van der Waals surface area contributed by atoms with Gasteiger partial charge in [0.1, 0.15) is 42.0 Å². The van der Waals surface area contributed by atoms with Gasteiger partial charge in [0.15, 0.2) is 0 Å². The van der Waals surface area contributed by atoms with Crippen LogP contribution in [0, 0.1) is 17.6 Å². The molecule has 7 rings (SSSR count). The summed E-state index contributed by atoms with van der Waals surface area (Å²) >= 11 is 0. The number of piperazine rings is 1. The van der Waals surface area contributed by atoms with Gasteiger partial charge in [-0.1, -0.05) is 13.0 Å². The molecule has 0 aliphatic carbocycles. The van der Waals surface area contributed by atoms with Crippen molar-refractivity contribution in [3.05, 3.63) is 113 Å². The van der Waals surface area contributed by atoms with E-state index in [4.69, 9.17) is 9.47 Å². The fourth-order valence-electron chi connectivity index (χ4n) is 7.24. The second kappa shape index (κ2) is 14.6. The van der Waals surface area contributed by atoms with Crippen LogP contribution in [0.3, 0.4) is 0 Å². The van der Waals surface area contributed by atoms with Gasteiger partial charge < -0.3 is 24.4 Å². The van der Waals surface area contributed by atoms with E-state index < -0.39 is 23.3 Å². The molecule has 0 amide bonds. The molecule has 4 heterocycles. The Morgan fingerprint density at radius 2 is 1.61 bits per heavy atom. The molecule has 2 fully saturated rings. The summed E-state index contributed by atoms with van der Waals surface area (Å²) < 4.78 is 45.6. The van der Waals surface area contributed by atoms with Crippen molar-refractivity contribution >= 4 is 11.4 Å². The van der Waals surface area contributed by atoms with Crippen LogP contribution in [0.5, 0.6) is 5.75 Å². The molecule has 1 N–H and O–H groups in total. The van der Waals surface area contributed by atoms with Crippen LogP contribution in [0.1, 0.15) is 38.3 Å². The molecule has 12 nitrogen and oxygen atoms in total. The van der Waals surface area contributed by atoms with Crippen LogP contribution >= 0.6 is 0 Å². The molecule has 2 saturated heterocycles. The maximum atomic E-state index is 15.0. The lowest BCUT2D eigenvalue weighted by molar-refractivity contribution is -0.0206. The fraction of sp³-hybridized carbons (Fsp3) is 0.405. The minimum absolute atomic E-state index is 0.0121. The normalized spacial score (nSPS) is 20.5. The van der Waals surface area contributed by atoms with Crippen LogP contribution in [-0.2, 0) is 16.9 Å². The van der Waals surface area contributed by atoms with Crippen molar-refractivity contribution in [1.82, 2.24) is 29.1 Å². The minimum atomic E-state index is -1.02. The summed E-state index contributed by atoms with van der Waals surface area (Å²) in [6, 6.07) is 19.2. The number of hydrogen-bond donors (Lipinski definition) is 1. The Bertz CT molecular complexity index is 1960. The highest BCUT2D eigenvalue weighted by molar-refractivity contribution is 5.54. The van der Waals surface area contributed by atoms with Crippen molar-refractivity contribution in [3.63, 3.8) is 0 Å². The van der Waals surface area contributed by atoms with E-state index in [1.807, 2.05) is 43.3 Å². The van der Waals surface area contributed by atoms with E-state index in [9.17, 15) is 18.7 Å². The molecule has 2 aliphatic heterocycles. The van der Waals surface area contributed by atoms with Gasteiger partial charge in [-0.2, -0.15) is 10.2 Å². The quantitative estimate of drug-likeness (QED) is 0.200. The fourth-order valence-corrected chi connectivity index (χ4v) is 7.24. The minimum Gasteiger partial charge on any atom is -0.493 e. The highest BCUT2D eigenvalue weighted by Gasteiger charge is 2.44. The van der Waals surface area contributed by atoms with Crippen molar-refractivity contribution in [3.8, 4) is 11.4 Å². The summed E-state index contributed by atoms with van der Waals surface area (Å²) in [4.78, 5) is 21.7. The van der Waals surface area contributed by atoms with Gasteiger partial charge in [0.05, 0.1) is 37.6 Å². The summed E-state index contributed by atoms with van der Waals surface area (Å²) in [5, 5.41) is 18.5. The number of nitrogens with zero attached hydrogens (tertiary/aromatic N) is 8. The first-order valence-electron chi connectivity index (χ1n) is 17.3. The molecular formula is C37H42F2N8O4. The molecular weight excluding hydrogens is 658 g/mol. The molecule has 51 heavy (non-hydrogen) atoms. The average molecular weight is 701 g/mol. The Morgan fingerprint density at radius 1 is 0.941 bits per heavy atom. The van der Waals surface area contributed by atoms with Gasteiger partial charge in [0, 0.05) is 55.1 Å². The Balaban J connectivity index is 0.923. The van der Waals surface area contributed by atoms with Crippen LogP contribution in [0.25, 0.3) is 5.69 Å². The smallest absolute Gasteiger partial charge is 0.350 e. The predicted octanol–water partition coefficient (Wildman–Crippen LogP) is 4.57. The third-order valence-electron chi connectivity index (χ3n) is 9.96. The number of ether oxygens (including phenoxy) is 2. The first kappa shape index (κ1) is 34.4. The standard InChI is InChI=1S/C37H42F2N8O4/c1-3-35(26(2)48)47-36(49)46(25-42-47)31-7-5-29(6-8-31)43-14-16-44(17-15-43)30-9-11-32(12-10-30)50-20-27-19-37(51-21-27,22-45-24-40-23-41-45)33-13-4-28(38)18-34(33)39/h4-13,18,23-27,35,48H,3,14-17,19-22H2,1-2H3/t26-,27-,35+,37+/m1/s1. The van der Waals surface area contributed by atoms with Crippen molar-refractivity contribution in [1.29, 1.82) is 0 Å². The number of aliphatic hydroxyl groups excluding tert-OH is 1. The Kier molecular flexibility index (Phi) is 9.87.